The van der Waals surface area contributed by atoms with Crippen LogP contribution in [0.4, 0.5) is 4.39 Å². The lowest BCUT2D eigenvalue weighted by Gasteiger charge is -2.22. The van der Waals surface area contributed by atoms with Crippen LogP contribution in [0.15, 0.2) is 34.9 Å². The van der Waals surface area contributed by atoms with E-state index in [0.717, 1.165) is 29.7 Å². The van der Waals surface area contributed by atoms with Crippen molar-refractivity contribution in [3.63, 3.8) is 0 Å². The van der Waals surface area contributed by atoms with Gasteiger partial charge in [-0.3, -0.25) is 4.68 Å². The van der Waals surface area contributed by atoms with Crippen molar-refractivity contribution >= 4 is 15.9 Å². The van der Waals surface area contributed by atoms with Crippen LogP contribution in [0.1, 0.15) is 37.6 Å². The average molecular weight is 340 g/mol. The molecule has 20 heavy (non-hydrogen) atoms. The second-order valence-electron chi connectivity index (χ2n) is 4.59. The SMILES string of the molecule is CCCNC(c1c(F)cccc1Br)c1ccnn1CC. The lowest BCUT2D eigenvalue weighted by molar-refractivity contribution is 0.504. The molecule has 0 saturated heterocycles. The largest absolute Gasteiger partial charge is 0.305 e. The molecule has 2 aromatic rings. The fraction of sp³-hybridized carbons (Fsp3) is 0.400. The summed E-state index contributed by atoms with van der Waals surface area (Å²) in [6, 6.07) is 6.80. The van der Waals surface area contributed by atoms with Gasteiger partial charge in [0.15, 0.2) is 0 Å². The molecule has 0 spiro atoms. The van der Waals surface area contributed by atoms with Crippen LogP contribution in [-0.2, 0) is 6.54 Å². The van der Waals surface area contributed by atoms with Crippen molar-refractivity contribution in [2.45, 2.75) is 32.9 Å². The monoisotopic (exact) mass is 339 g/mol. The number of nitrogens with zero attached hydrogens (tertiary/aromatic N) is 2. The second-order valence-corrected chi connectivity index (χ2v) is 5.45. The zero-order valence-electron chi connectivity index (χ0n) is 11.7. The van der Waals surface area contributed by atoms with Crippen LogP contribution in [0.2, 0.25) is 0 Å². The molecule has 2 rings (SSSR count). The number of halogens is 2. The van der Waals surface area contributed by atoms with Gasteiger partial charge in [-0.05, 0) is 38.1 Å². The van der Waals surface area contributed by atoms with E-state index in [1.54, 1.807) is 12.3 Å². The smallest absolute Gasteiger partial charge is 0.129 e. The van der Waals surface area contributed by atoms with Crippen LogP contribution in [0, 0.1) is 5.82 Å². The highest BCUT2D eigenvalue weighted by Crippen LogP contribution is 2.30. The van der Waals surface area contributed by atoms with Crippen molar-refractivity contribution < 1.29 is 4.39 Å². The Hall–Kier alpha value is -1.20. The Bertz CT molecular complexity index is 548. The van der Waals surface area contributed by atoms with Gasteiger partial charge in [-0.1, -0.05) is 28.9 Å². The van der Waals surface area contributed by atoms with E-state index >= 15 is 0 Å². The average Bonchev–Trinajstić information content (AvgIpc) is 2.90. The van der Waals surface area contributed by atoms with E-state index in [1.165, 1.54) is 6.07 Å². The summed E-state index contributed by atoms with van der Waals surface area (Å²) in [6.07, 6.45) is 2.75. The predicted octanol–water partition coefficient (Wildman–Crippen LogP) is 3.89. The minimum absolute atomic E-state index is 0.201. The highest BCUT2D eigenvalue weighted by molar-refractivity contribution is 9.10. The van der Waals surface area contributed by atoms with Crippen LogP contribution in [0.25, 0.3) is 0 Å². The summed E-state index contributed by atoms with van der Waals surface area (Å²) in [7, 11) is 0. The molecule has 1 N–H and O–H groups in total. The Labute approximate surface area is 127 Å². The molecule has 108 valence electrons. The molecule has 3 nitrogen and oxygen atoms in total. The molecule has 5 heteroatoms. The minimum Gasteiger partial charge on any atom is -0.305 e. The van der Waals surface area contributed by atoms with Crippen molar-refractivity contribution in [1.82, 2.24) is 15.1 Å². The summed E-state index contributed by atoms with van der Waals surface area (Å²) < 4.78 is 16.9. The third-order valence-electron chi connectivity index (χ3n) is 3.23. The first-order chi connectivity index (χ1) is 9.69. The predicted molar refractivity (Wildman–Crippen MR) is 82.1 cm³/mol. The van der Waals surface area contributed by atoms with Gasteiger partial charge in [0, 0.05) is 22.8 Å². The van der Waals surface area contributed by atoms with E-state index in [1.807, 2.05) is 23.7 Å². The van der Waals surface area contributed by atoms with Crippen molar-refractivity contribution in [3.8, 4) is 0 Å². The van der Waals surface area contributed by atoms with E-state index in [4.69, 9.17) is 0 Å². The van der Waals surface area contributed by atoms with Crippen molar-refractivity contribution in [1.29, 1.82) is 0 Å². The molecule has 0 aliphatic heterocycles. The summed E-state index contributed by atoms with van der Waals surface area (Å²) in [6.45, 7) is 5.71. The van der Waals surface area contributed by atoms with Crippen LogP contribution in [0.3, 0.4) is 0 Å². The molecule has 0 bridgehead atoms. The van der Waals surface area contributed by atoms with Gasteiger partial charge in [-0.2, -0.15) is 5.10 Å². The van der Waals surface area contributed by atoms with Gasteiger partial charge in [0.1, 0.15) is 5.82 Å². The summed E-state index contributed by atoms with van der Waals surface area (Å²) in [5.41, 5.74) is 1.61. The first-order valence-corrected chi connectivity index (χ1v) is 7.67. The van der Waals surface area contributed by atoms with Crippen molar-refractivity contribution in [3.05, 3.63) is 52.0 Å². The Morgan fingerprint density at radius 1 is 1.35 bits per heavy atom. The minimum atomic E-state index is -0.211. The van der Waals surface area contributed by atoms with Crippen LogP contribution < -0.4 is 5.32 Å². The molecule has 1 atom stereocenters. The number of benzene rings is 1. The molecule has 1 aromatic carbocycles. The number of hydrogen-bond donors (Lipinski definition) is 1. The van der Waals surface area contributed by atoms with Gasteiger partial charge >= 0.3 is 0 Å². The first-order valence-electron chi connectivity index (χ1n) is 6.88. The highest BCUT2D eigenvalue weighted by Gasteiger charge is 2.22. The molecule has 1 unspecified atom stereocenters. The van der Waals surface area contributed by atoms with Crippen LogP contribution in [-0.4, -0.2) is 16.3 Å². The van der Waals surface area contributed by atoms with E-state index in [-0.39, 0.29) is 11.9 Å². The molecule has 0 radical (unpaired) electrons. The topological polar surface area (TPSA) is 29.9 Å². The Kier molecular flexibility index (Phi) is 5.31. The van der Waals surface area contributed by atoms with Gasteiger partial charge in [0.2, 0.25) is 0 Å². The number of aromatic nitrogens is 2. The number of rotatable bonds is 6. The molecule has 1 heterocycles. The van der Waals surface area contributed by atoms with Gasteiger partial charge in [-0.25, -0.2) is 4.39 Å². The third kappa shape index (κ3) is 3.10. The lowest BCUT2D eigenvalue weighted by Crippen LogP contribution is -2.27. The molecule has 0 saturated carbocycles. The molecular weight excluding hydrogens is 321 g/mol. The highest BCUT2D eigenvalue weighted by atomic mass is 79.9. The maximum Gasteiger partial charge on any atom is 0.129 e. The van der Waals surface area contributed by atoms with E-state index in [9.17, 15) is 4.39 Å². The molecule has 0 fully saturated rings. The fourth-order valence-corrected chi connectivity index (χ4v) is 2.85. The fourth-order valence-electron chi connectivity index (χ4n) is 2.28. The Morgan fingerprint density at radius 3 is 2.80 bits per heavy atom. The zero-order chi connectivity index (χ0) is 14.5. The number of hydrogen-bond acceptors (Lipinski definition) is 2. The normalized spacial score (nSPS) is 12.6. The maximum absolute atomic E-state index is 14.3. The van der Waals surface area contributed by atoms with Gasteiger partial charge in [-0.15, -0.1) is 0 Å². The Morgan fingerprint density at radius 2 is 2.15 bits per heavy atom. The molecular formula is C15H19BrFN3. The standard InChI is InChI=1S/C15H19BrFN3/c1-3-9-18-15(13-8-10-19-20(13)4-2)14-11(16)6-5-7-12(14)17/h5-8,10,15,18H,3-4,9H2,1-2H3. The van der Waals surface area contributed by atoms with E-state index in [0.29, 0.717) is 5.56 Å². The molecule has 0 aliphatic carbocycles. The molecule has 1 aromatic heterocycles. The van der Waals surface area contributed by atoms with Gasteiger partial charge in [0.05, 0.1) is 11.7 Å². The maximum atomic E-state index is 14.3. The van der Waals surface area contributed by atoms with E-state index in [2.05, 4.69) is 33.3 Å². The number of nitrogens with one attached hydrogen (secondary N) is 1. The Balaban J connectivity index is 2.47. The van der Waals surface area contributed by atoms with Gasteiger partial charge in [0.25, 0.3) is 0 Å². The van der Waals surface area contributed by atoms with Crippen LogP contribution >= 0.6 is 15.9 Å². The van der Waals surface area contributed by atoms with E-state index < -0.39 is 0 Å². The molecule has 0 amide bonds. The quantitative estimate of drug-likeness (QED) is 0.865. The molecule has 0 aliphatic rings. The summed E-state index contributed by atoms with van der Waals surface area (Å²) in [5.74, 6) is -0.211. The van der Waals surface area contributed by atoms with Crippen molar-refractivity contribution in [2.75, 3.05) is 6.54 Å². The van der Waals surface area contributed by atoms with Crippen LogP contribution in [0.5, 0.6) is 0 Å². The lowest BCUT2D eigenvalue weighted by atomic mass is 10.0. The summed E-state index contributed by atoms with van der Waals surface area (Å²) in [5, 5.41) is 7.70. The first kappa shape index (κ1) is 15.2. The number of aryl methyl sites for hydroxylation is 1. The third-order valence-corrected chi connectivity index (χ3v) is 3.92. The summed E-state index contributed by atoms with van der Waals surface area (Å²) in [4.78, 5) is 0. The van der Waals surface area contributed by atoms with Crippen molar-refractivity contribution in [2.24, 2.45) is 0 Å². The summed E-state index contributed by atoms with van der Waals surface area (Å²) >= 11 is 3.46. The second kappa shape index (κ2) is 6.99. The van der Waals surface area contributed by atoms with Gasteiger partial charge < -0.3 is 5.32 Å². The zero-order valence-corrected chi connectivity index (χ0v) is 13.3.